The summed E-state index contributed by atoms with van der Waals surface area (Å²) in [5.74, 6) is 0.888. The van der Waals surface area contributed by atoms with E-state index >= 15 is 0 Å². The van der Waals surface area contributed by atoms with E-state index in [4.69, 9.17) is 9.26 Å². The van der Waals surface area contributed by atoms with Gasteiger partial charge in [-0.1, -0.05) is 35.5 Å². The summed E-state index contributed by atoms with van der Waals surface area (Å²) in [6.45, 7) is 5.21. The number of carbonyl (C=O) groups is 1. The lowest BCUT2D eigenvalue weighted by atomic mass is 10.0. The summed E-state index contributed by atoms with van der Waals surface area (Å²) in [7, 11) is 1.59. The molecule has 0 spiro atoms. The molecule has 1 amide bonds. The maximum absolute atomic E-state index is 13.6. The second-order valence-corrected chi connectivity index (χ2v) is 7.50. The van der Waals surface area contributed by atoms with Gasteiger partial charge in [-0.25, -0.2) is 4.39 Å². The van der Waals surface area contributed by atoms with Crippen LogP contribution in [-0.4, -0.2) is 49.3 Å². The van der Waals surface area contributed by atoms with Gasteiger partial charge in [0.1, 0.15) is 35.1 Å². The number of aromatic nitrogens is 1. The summed E-state index contributed by atoms with van der Waals surface area (Å²) in [4.78, 5) is 16.4. The van der Waals surface area contributed by atoms with Crippen molar-refractivity contribution in [2.75, 3.05) is 33.3 Å². The highest BCUT2D eigenvalue weighted by molar-refractivity contribution is 6.00. The van der Waals surface area contributed by atoms with Crippen LogP contribution in [0.3, 0.4) is 0 Å². The number of piperazine rings is 1. The standard InChI is InChI=1S/C23H24FN3O3/c1-16-21(22(25-30-16)17-6-4-3-5-7-17)23(28)27-12-10-26(11-13-27)15-18-14-19(24)8-9-20(18)29-2/h3-9,14H,10-13,15H2,1-2H3/p+1. The van der Waals surface area contributed by atoms with Crippen molar-refractivity contribution in [3.05, 3.63) is 71.2 Å². The predicted octanol–water partition coefficient (Wildman–Crippen LogP) is 2.34. The van der Waals surface area contributed by atoms with Gasteiger partial charge in [0.05, 0.1) is 38.9 Å². The molecule has 1 aromatic heterocycles. The average molecular weight is 410 g/mol. The van der Waals surface area contributed by atoms with Crippen molar-refractivity contribution in [3.63, 3.8) is 0 Å². The summed E-state index contributed by atoms with van der Waals surface area (Å²) < 4.78 is 24.3. The minimum Gasteiger partial charge on any atom is -0.496 e. The van der Waals surface area contributed by atoms with Crippen molar-refractivity contribution >= 4 is 5.91 Å². The zero-order chi connectivity index (χ0) is 21.1. The normalized spacial score (nSPS) is 14.7. The van der Waals surface area contributed by atoms with Gasteiger partial charge in [-0.15, -0.1) is 0 Å². The number of carbonyl (C=O) groups excluding carboxylic acids is 1. The topological polar surface area (TPSA) is 60.0 Å². The van der Waals surface area contributed by atoms with Crippen LogP contribution in [0.4, 0.5) is 4.39 Å². The molecule has 4 rings (SSSR count). The molecule has 0 aliphatic carbocycles. The van der Waals surface area contributed by atoms with E-state index in [9.17, 15) is 9.18 Å². The van der Waals surface area contributed by atoms with Gasteiger partial charge in [0.2, 0.25) is 0 Å². The van der Waals surface area contributed by atoms with E-state index in [2.05, 4.69) is 5.16 Å². The van der Waals surface area contributed by atoms with Crippen molar-refractivity contribution in [1.29, 1.82) is 0 Å². The summed E-state index contributed by atoms with van der Waals surface area (Å²) in [5.41, 5.74) is 2.81. The lowest BCUT2D eigenvalue weighted by Gasteiger charge is -2.32. The molecule has 1 saturated heterocycles. The van der Waals surface area contributed by atoms with Gasteiger partial charge in [0.15, 0.2) is 0 Å². The van der Waals surface area contributed by atoms with Crippen LogP contribution in [-0.2, 0) is 6.54 Å². The highest BCUT2D eigenvalue weighted by atomic mass is 19.1. The molecule has 2 aromatic carbocycles. The first kappa shape index (κ1) is 20.1. The van der Waals surface area contributed by atoms with E-state index in [1.807, 2.05) is 35.2 Å². The minimum atomic E-state index is -0.268. The number of nitrogens with zero attached hydrogens (tertiary/aromatic N) is 2. The fourth-order valence-electron chi connectivity index (χ4n) is 3.93. The molecule has 0 unspecified atom stereocenters. The Balaban J connectivity index is 1.45. The lowest BCUT2D eigenvalue weighted by molar-refractivity contribution is -0.917. The van der Waals surface area contributed by atoms with E-state index in [0.29, 0.717) is 42.4 Å². The molecule has 1 fully saturated rings. The molecule has 0 bridgehead atoms. The van der Waals surface area contributed by atoms with Crippen LogP contribution in [0, 0.1) is 12.7 Å². The van der Waals surface area contributed by atoms with Crippen LogP contribution in [0.15, 0.2) is 53.1 Å². The Morgan fingerprint density at radius 2 is 1.93 bits per heavy atom. The Hall–Kier alpha value is -3.19. The molecule has 0 atom stereocenters. The second-order valence-electron chi connectivity index (χ2n) is 7.50. The molecule has 30 heavy (non-hydrogen) atoms. The number of quaternary nitrogens is 1. The number of aryl methyl sites for hydroxylation is 1. The average Bonchev–Trinajstić information content (AvgIpc) is 3.16. The molecule has 0 radical (unpaired) electrons. The van der Waals surface area contributed by atoms with Gasteiger partial charge < -0.3 is 19.1 Å². The summed E-state index contributed by atoms with van der Waals surface area (Å²) in [6, 6.07) is 14.2. The number of amides is 1. The number of halogens is 1. The molecule has 156 valence electrons. The number of hydrogen-bond acceptors (Lipinski definition) is 4. The smallest absolute Gasteiger partial charge is 0.260 e. The van der Waals surface area contributed by atoms with Gasteiger partial charge in [0.25, 0.3) is 5.91 Å². The molecule has 0 saturated carbocycles. The molecule has 3 aromatic rings. The highest BCUT2D eigenvalue weighted by Crippen LogP contribution is 2.26. The predicted molar refractivity (Wildman–Crippen MR) is 110 cm³/mol. The molecule has 1 N–H and O–H groups in total. The SMILES string of the molecule is COc1ccc(F)cc1C[NH+]1CCN(C(=O)c2c(-c3ccccc3)noc2C)CC1. The highest BCUT2D eigenvalue weighted by Gasteiger charge is 2.30. The van der Waals surface area contributed by atoms with Gasteiger partial charge in [0, 0.05) is 5.56 Å². The quantitative estimate of drug-likeness (QED) is 0.702. The Labute approximate surface area is 174 Å². The van der Waals surface area contributed by atoms with Gasteiger partial charge >= 0.3 is 0 Å². The molecule has 2 heterocycles. The third-order valence-corrected chi connectivity index (χ3v) is 5.56. The van der Waals surface area contributed by atoms with Gasteiger partial charge in [-0.3, -0.25) is 4.79 Å². The van der Waals surface area contributed by atoms with E-state index in [0.717, 1.165) is 24.2 Å². The second kappa shape index (κ2) is 8.67. The van der Waals surface area contributed by atoms with Crippen molar-refractivity contribution in [2.45, 2.75) is 13.5 Å². The van der Waals surface area contributed by atoms with Crippen molar-refractivity contribution in [3.8, 4) is 17.0 Å². The monoisotopic (exact) mass is 410 g/mol. The molecule has 1 aliphatic rings. The van der Waals surface area contributed by atoms with E-state index in [1.165, 1.54) is 17.0 Å². The number of ether oxygens (including phenoxy) is 1. The molecular weight excluding hydrogens is 385 g/mol. The lowest BCUT2D eigenvalue weighted by Crippen LogP contribution is -3.13. The molecule has 6 nitrogen and oxygen atoms in total. The van der Waals surface area contributed by atoms with Crippen molar-refractivity contribution in [1.82, 2.24) is 10.1 Å². The maximum Gasteiger partial charge on any atom is 0.260 e. The molecule has 7 heteroatoms. The van der Waals surface area contributed by atoms with Crippen LogP contribution >= 0.6 is 0 Å². The van der Waals surface area contributed by atoms with Crippen molar-refractivity contribution in [2.24, 2.45) is 0 Å². The fourth-order valence-corrected chi connectivity index (χ4v) is 3.93. The van der Waals surface area contributed by atoms with Crippen LogP contribution in [0.5, 0.6) is 5.75 Å². The zero-order valence-electron chi connectivity index (χ0n) is 17.2. The fraction of sp³-hybridized carbons (Fsp3) is 0.304. The van der Waals surface area contributed by atoms with Gasteiger partial charge in [-0.05, 0) is 25.1 Å². The van der Waals surface area contributed by atoms with E-state index < -0.39 is 0 Å². The Bertz CT molecular complexity index is 1030. The van der Waals surface area contributed by atoms with Crippen molar-refractivity contribution < 1.29 is 23.3 Å². The Morgan fingerprint density at radius 3 is 2.63 bits per heavy atom. The summed E-state index contributed by atoms with van der Waals surface area (Å²) >= 11 is 0. The van der Waals surface area contributed by atoms with Crippen LogP contribution in [0.25, 0.3) is 11.3 Å². The van der Waals surface area contributed by atoms with Crippen LogP contribution in [0.2, 0.25) is 0 Å². The first-order valence-electron chi connectivity index (χ1n) is 10.0. The first-order valence-corrected chi connectivity index (χ1v) is 10.0. The van der Waals surface area contributed by atoms with E-state index in [-0.39, 0.29) is 11.7 Å². The number of methoxy groups -OCH3 is 1. The largest absolute Gasteiger partial charge is 0.496 e. The third kappa shape index (κ3) is 4.07. The number of rotatable bonds is 5. The minimum absolute atomic E-state index is 0.0602. The Morgan fingerprint density at radius 1 is 1.20 bits per heavy atom. The van der Waals surface area contributed by atoms with Gasteiger partial charge in [-0.2, -0.15) is 0 Å². The third-order valence-electron chi connectivity index (χ3n) is 5.56. The maximum atomic E-state index is 13.6. The van der Waals surface area contributed by atoms with E-state index in [1.54, 1.807) is 20.1 Å². The Kier molecular flexibility index (Phi) is 5.81. The van der Waals surface area contributed by atoms with Crippen LogP contribution in [0.1, 0.15) is 21.7 Å². The number of nitrogens with one attached hydrogen (secondary N) is 1. The number of hydrogen-bond donors (Lipinski definition) is 1. The molecular formula is C23H25FN3O3+. The zero-order valence-corrected chi connectivity index (χ0v) is 17.2. The first-order chi connectivity index (χ1) is 14.6. The summed E-state index contributed by atoms with van der Waals surface area (Å²) in [5, 5.41) is 4.12. The van der Waals surface area contributed by atoms with Crippen LogP contribution < -0.4 is 9.64 Å². The number of benzene rings is 2. The summed E-state index contributed by atoms with van der Waals surface area (Å²) in [6.07, 6.45) is 0. The molecule has 1 aliphatic heterocycles.